The van der Waals surface area contributed by atoms with Gasteiger partial charge in [-0.15, -0.1) is 0 Å². The summed E-state index contributed by atoms with van der Waals surface area (Å²) in [4.78, 5) is 17.2. The Bertz CT molecular complexity index is 644. The van der Waals surface area contributed by atoms with Crippen molar-refractivity contribution in [2.45, 2.75) is 39.0 Å². The van der Waals surface area contributed by atoms with Gasteiger partial charge in [0.15, 0.2) is 0 Å². The summed E-state index contributed by atoms with van der Waals surface area (Å²) in [5.41, 5.74) is 1.14. The standard InChI is InChI=1S/C21H28N2O3/c1-2-3-15-23(20-8-4-5-14-22-20)16-17-26-19-12-10-18(11-13-19)7-6-9-21(24)25/h4-5,8,10-14H,2-3,6-7,9,15-17H2,1H3,(H,24,25). The van der Waals surface area contributed by atoms with E-state index in [2.05, 4.69) is 16.8 Å². The normalized spacial score (nSPS) is 10.5. The fourth-order valence-electron chi connectivity index (χ4n) is 2.70. The average molecular weight is 356 g/mol. The molecule has 1 aromatic heterocycles. The van der Waals surface area contributed by atoms with E-state index >= 15 is 0 Å². The minimum absolute atomic E-state index is 0.208. The van der Waals surface area contributed by atoms with Gasteiger partial charge in [-0.3, -0.25) is 4.79 Å². The number of anilines is 1. The monoisotopic (exact) mass is 356 g/mol. The van der Waals surface area contributed by atoms with Crippen LogP contribution in [0.5, 0.6) is 5.75 Å². The summed E-state index contributed by atoms with van der Waals surface area (Å²) in [7, 11) is 0. The fraction of sp³-hybridized carbons (Fsp3) is 0.429. The third kappa shape index (κ3) is 7.13. The highest BCUT2D eigenvalue weighted by Crippen LogP contribution is 2.15. The molecule has 1 N–H and O–H groups in total. The minimum Gasteiger partial charge on any atom is -0.492 e. The van der Waals surface area contributed by atoms with Gasteiger partial charge in [-0.25, -0.2) is 4.98 Å². The molecule has 5 heteroatoms. The van der Waals surface area contributed by atoms with Crippen LogP contribution in [0.15, 0.2) is 48.7 Å². The Kier molecular flexibility index (Phi) is 8.46. The van der Waals surface area contributed by atoms with Crippen molar-refractivity contribution in [2.75, 3.05) is 24.6 Å². The molecule has 0 aliphatic carbocycles. The Balaban J connectivity index is 1.80. The van der Waals surface area contributed by atoms with Gasteiger partial charge in [0.05, 0.1) is 6.54 Å². The summed E-state index contributed by atoms with van der Waals surface area (Å²) in [6.07, 6.45) is 5.73. The van der Waals surface area contributed by atoms with Crippen molar-refractivity contribution in [3.05, 3.63) is 54.2 Å². The molecule has 140 valence electrons. The molecule has 1 aromatic carbocycles. The molecule has 0 bridgehead atoms. The van der Waals surface area contributed by atoms with Crippen molar-refractivity contribution in [3.63, 3.8) is 0 Å². The van der Waals surface area contributed by atoms with Crippen molar-refractivity contribution >= 4 is 11.8 Å². The van der Waals surface area contributed by atoms with E-state index in [0.29, 0.717) is 13.0 Å². The van der Waals surface area contributed by atoms with Gasteiger partial charge in [0.2, 0.25) is 0 Å². The number of carbonyl (C=O) groups is 1. The molecular formula is C21H28N2O3. The van der Waals surface area contributed by atoms with E-state index in [9.17, 15) is 4.79 Å². The molecule has 0 saturated heterocycles. The Hall–Kier alpha value is -2.56. The number of benzene rings is 1. The van der Waals surface area contributed by atoms with Gasteiger partial charge >= 0.3 is 5.97 Å². The lowest BCUT2D eigenvalue weighted by Gasteiger charge is -2.23. The fourth-order valence-corrected chi connectivity index (χ4v) is 2.70. The maximum atomic E-state index is 10.6. The first-order valence-electron chi connectivity index (χ1n) is 9.28. The number of unbranched alkanes of at least 4 members (excludes halogenated alkanes) is 1. The average Bonchev–Trinajstić information content (AvgIpc) is 2.66. The smallest absolute Gasteiger partial charge is 0.303 e. The van der Waals surface area contributed by atoms with Crippen molar-refractivity contribution < 1.29 is 14.6 Å². The molecule has 0 unspecified atom stereocenters. The SMILES string of the molecule is CCCCN(CCOc1ccc(CCCC(=O)O)cc1)c1ccccn1. The lowest BCUT2D eigenvalue weighted by atomic mass is 10.1. The molecule has 26 heavy (non-hydrogen) atoms. The number of carboxylic acid groups (broad SMARTS) is 1. The summed E-state index contributed by atoms with van der Waals surface area (Å²) in [5, 5.41) is 8.69. The lowest BCUT2D eigenvalue weighted by molar-refractivity contribution is -0.137. The molecule has 0 atom stereocenters. The third-order valence-electron chi connectivity index (χ3n) is 4.16. The molecule has 0 spiro atoms. The van der Waals surface area contributed by atoms with Crippen molar-refractivity contribution in [1.29, 1.82) is 0 Å². The van der Waals surface area contributed by atoms with Crippen LogP contribution in [-0.4, -0.2) is 35.8 Å². The van der Waals surface area contributed by atoms with Crippen molar-refractivity contribution in [1.82, 2.24) is 4.98 Å². The van der Waals surface area contributed by atoms with Crippen molar-refractivity contribution in [2.24, 2.45) is 0 Å². The lowest BCUT2D eigenvalue weighted by Crippen LogP contribution is -2.30. The summed E-state index contributed by atoms with van der Waals surface area (Å²) in [5.74, 6) is 1.08. The third-order valence-corrected chi connectivity index (χ3v) is 4.16. The second-order valence-corrected chi connectivity index (χ2v) is 6.27. The first kappa shape index (κ1) is 19.8. The van der Waals surface area contributed by atoms with E-state index < -0.39 is 5.97 Å². The van der Waals surface area contributed by atoms with Gasteiger partial charge in [0.25, 0.3) is 0 Å². The van der Waals surface area contributed by atoms with E-state index in [1.54, 1.807) is 0 Å². The highest BCUT2D eigenvalue weighted by molar-refractivity contribution is 5.66. The molecule has 0 radical (unpaired) electrons. The molecule has 0 saturated carbocycles. The van der Waals surface area contributed by atoms with Crippen LogP contribution in [0.4, 0.5) is 5.82 Å². The summed E-state index contributed by atoms with van der Waals surface area (Å²) in [6, 6.07) is 13.9. The van der Waals surface area contributed by atoms with Crippen LogP contribution in [0.1, 0.15) is 38.2 Å². The number of ether oxygens (including phenoxy) is 1. The Morgan fingerprint density at radius 2 is 1.92 bits per heavy atom. The highest BCUT2D eigenvalue weighted by Gasteiger charge is 2.07. The van der Waals surface area contributed by atoms with Crippen LogP contribution in [0.25, 0.3) is 0 Å². The predicted octanol–water partition coefficient (Wildman–Crippen LogP) is 4.17. The molecule has 0 aliphatic heterocycles. The number of hydrogen-bond acceptors (Lipinski definition) is 4. The van der Waals surface area contributed by atoms with E-state index in [1.165, 1.54) is 0 Å². The van der Waals surface area contributed by atoms with Crippen LogP contribution >= 0.6 is 0 Å². The van der Waals surface area contributed by atoms with Gasteiger partial charge in [-0.05, 0) is 49.1 Å². The second kappa shape index (κ2) is 11.1. The summed E-state index contributed by atoms with van der Waals surface area (Å²) < 4.78 is 5.87. The number of pyridine rings is 1. The van der Waals surface area contributed by atoms with Crippen LogP contribution in [0, 0.1) is 0 Å². The maximum Gasteiger partial charge on any atom is 0.303 e. The Morgan fingerprint density at radius 3 is 2.58 bits per heavy atom. The number of aromatic nitrogens is 1. The van der Waals surface area contributed by atoms with Crippen LogP contribution < -0.4 is 9.64 Å². The van der Waals surface area contributed by atoms with Crippen LogP contribution in [0.3, 0.4) is 0 Å². The highest BCUT2D eigenvalue weighted by atomic mass is 16.5. The molecule has 2 rings (SSSR count). The van der Waals surface area contributed by atoms with Gasteiger partial charge in [-0.1, -0.05) is 31.5 Å². The van der Waals surface area contributed by atoms with E-state index in [-0.39, 0.29) is 6.42 Å². The molecule has 5 nitrogen and oxygen atoms in total. The zero-order valence-electron chi connectivity index (χ0n) is 15.4. The first-order valence-corrected chi connectivity index (χ1v) is 9.28. The number of aliphatic carboxylic acids is 1. The van der Waals surface area contributed by atoms with Gasteiger partial charge in [0, 0.05) is 19.2 Å². The molecular weight excluding hydrogens is 328 g/mol. The number of carboxylic acids is 1. The van der Waals surface area contributed by atoms with Gasteiger partial charge in [0.1, 0.15) is 18.2 Å². The van der Waals surface area contributed by atoms with E-state index in [0.717, 1.165) is 49.5 Å². The van der Waals surface area contributed by atoms with Gasteiger partial charge < -0.3 is 14.7 Å². The van der Waals surface area contributed by atoms with E-state index in [4.69, 9.17) is 9.84 Å². The number of aryl methyl sites for hydroxylation is 1. The molecule has 0 amide bonds. The molecule has 1 heterocycles. The Morgan fingerprint density at radius 1 is 1.12 bits per heavy atom. The maximum absolute atomic E-state index is 10.6. The zero-order valence-corrected chi connectivity index (χ0v) is 15.4. The largest absolute Gasteiger partial charge is 0.492 e. The van der Waals surface area contributed by atoms with E-state index in [1.807, 2.05) is 48.7 Å². The van der Waals surface area contributed by atoms with Crippen LogP contribution in [0.2, 0.25) is 0 Å². The molecule has 2 aromatic rings. The Labute approximate surface area is 155 Å². The van der Waals surface area contributed by atoms with Crippen LogP contribution in [-0.2, 0) is 11.2 Å². The first-order chi connectivity index (χ1) is 12.7. The quantitative estimate of drug-likeness (QED) is 0.618. The summed E-state index contributed by atoms with van der Waals surface area (Å²) in [6.45, 7) is 4.54. The number of rotatable bonds is 12. The minimum atomic E-state index is -0.745. The summed E-state index contributed by atoms with van der Waals surface area (Å²) >= 11 is 0. The number of hydrogen-bond donors (Lipinski definition) is 1. The molecule has 0 fully saturated rings. The number of nitrogens with zero attached hydrogens (tertiary/aromatic N) is 2. The zero-order chi connectivity index (χ0) is 18.6. The molecule has 0 aliphatic rings. The predicted molar refractivity (Wildman–Crippen MR) is 104 cm³/mol. The van der Waals surface area contributed by atoms with Gasteiger partial charge in [-0.2, -0.15) is 0 Å². The second-order valence-electron chi connectivity index (χ2n) is 6.27. The van der Waals surface area contributed by atoms with Crippen molar-refractivity contribution in [3.8, 4) is 5.75 Å². The topological polar surface area (TPSA) is 62.7 Å².